The van der Waals surface area contributed by atoms with Crippen LogP contribution in [0.3, 0.4) is 0 Å². The van der Waals surface area contributed by atoms with Crippen LogP contribution < -0.4 is 4.90 Å². The Hall–Kier alpha value is -2.22. The van der Waals surface area contributed by atoms with Crippen LogP contribution >= 0.6 is 34.5 Å². The molecule has 1 aromatic carbocycles. The second kappa shape index (κ2) is 9.29. The summed E-state index contributed by atoms with van der Waals surface area (Å²) in [7, 11) is 0. The first-order valence-corrected chi connectivity index (χ1v) is 11.0. The number of amides is 1. The highest BCUT2D eigenvalue weighted by Crippen LogP contribution is 2.32. The van der Waals surface area contributed by atoms with Crippen molar-refractivity contribution < 1.29 is 9.32 Å². The third-order valence-corrected chi connectivity index (χ3v) is 5.85. The van der Waals surface area contributed by atoms with Gasteiger partial charge in [-0.25, -0.2) is 4.98 Å². The van der Waals surface area contributed by atoms with Crippen molar-refractivity contribution in [3.8, 4) is 11.3 Å². The molecule has 3 aromatic rings. The molecule has 3 rings (SSSR count). The predicted molar refractivity (Wildman–Crippen MR) is 121 cm³/mol. The van der Waals surface area contributed by atoms with Crippen molar-refractivity contribution in [1.29, 1.82) is 0 Å². The van der Waals surface area contributed by atoms with Gasteiger partial charge in [0, 0.05) is 35.7 Å². The molecule has 6 nitrogen and oxygen atoms in total. The Balaban J connectivity index is 1.73. The normalized spacial score (nSPS) is 11.5. The molecule has 158 valence electrons. The van der Waals surface area contributed by atoms with Crippen LogP contribution in [0.1, 0.15) is 38.9 Å². The number of thiazole rings is 1. The summed E-state index contributed by atoms with van der Waals surface area (Å²) in [6, 6.07) is 5.32. The molecule has 9 heteroatoms. The third-order valence-electron chi connectivity index (χ3n) is 4.24. The smallest absolute Gasteiger partial charge is 0.229 e. The number of aromatic nitrogens is 3. The third kappa shape index (κ3) is 5.28. The maximum Gasteiger partial charge on any atom is 0.229 e. The molecule has 0 atom stereocenters. The van der Waals surface area contributed by atoms with Crippen LogP contribution in [0, 0.1) is 0 Å². The van der Waals surface area contributed by atoms with Crippen LogP contribution in [0.15, 0.2) is 40.8 Å². The van der Waals surface area contributed by atoms with E-state index in [0.717, 1.165) is 11.3 Å². The molecule has 0 aliphatic heterocycles. The van der Waals surface area contributed by atoms with Gasteiger partial charge >= 0.3 is 0 Å². The first kappa shape index (κ1) is 22.5. The van der Waals surface area contributed by atoms with Gasteiger partial charge in [-0.3, -0.25) is 9.69 Å². The van der Waals surface area contributed by atoms with Crippen molar-refractivity contribution in [1.82, 2.24) is 15.1 Å². The second-order valence-corrected chi connectivity index (χ2v) is 9.35. The highest BCUT2D eigenvalue weighted by molar-refractivity contribution is 7.14. The van der Waals surface area contributed by atoms with Gasteiger partial charge in [0.1, 0.15) is 0 Å². The molecule has 0 fully saturated rings. The van der Waals surface area contributed by atoms with E-state index in [9.17, 15) is 4.79 Å². The van der Waals surface area contributed by atoms with Crippen LogP contribution in [0.2, 0.25) is 10.0 Å². The highest BCUT2D eigenvalue weighted by atomic mass is 35.5. The van der Waals surface area contributed by atoms with Gasteiger partial charge < -0.3 is 4.52 Å². The van der Waals surface area contributed by atoms with Crippen LogP contribution in [0.25, 0.3) is 11.3 Å². The van der Waals surface area contributed by atoms with E-state index in [1.165, 1.54) is 11.3 Å². The monoisotopic (exact) mass is 464 g/mol. The van der Waals surface area contributed by atoms with E-state index in [4.69, 9.17) is 27.7 Å². The minimum atomic E-state index is -0.206. The number of rotatable bonds is 7. The van der Waals surface area contributed by atoms with Gasteiger partial charge in [0.25, 0.3) is 0 Å². The van der Waals surface area contributed by atoms with E-state index in [2.05, 4.69) is 21.7 Å². The maximum atomic E-state index is 12.9. The number of nitrogens with zero attached hydrogens (tertiary/aromatic N) is 4. The lowest BCUT2D eigenvalue weighted by atomic mass is 9.96. The zero-order valence-electron chi connectivity index (χ0n) is 17.0. The van der Waals surface area contributed by atoms with Gasteiger partial charge in [-0.2, -0.15) is 4.98 Å². The molecule has 0 radical (unpaired) electrons. The number of hydrogen-bond acceptors (Lipinski definition) is 6. The van der Waals surface area contributed by atoms with Crippen LogP contribution in [-0.4, -0.2) is 27.6 Å². The maximum absolute atomic E-state index is 12.9. The number of carbonyl (C=O) groups excluding carboxylic acids is 1. The number of aryl methyl sites for hydroxylation is 1. The van der Waals surface area contributed by atoms with Gasteiger partial charge in [0.2, 0.25) is 11.8 Å². The molecule has 0 aliphatic carbocycles. The molecule has 0 N–H and O–H groups in total. The van der Waals surface area contributed by atoms with E-state index in [1.54, 1.807) is 23.1 Å². The second-order valence-electron chi connectivity index (χ2n) is 7.70. The Bertz CT molecular complexity index is 1060. The summed E-state index contributed by atoms with van der Waals surface area (Å²) in [6.45, 7) is 10.1. The van der Waals surface area contributed by atoms with Crippen molar-refractivity contribution in [3.05, 3.63) is 58.0 Å². The summed E-state index contributed by atoms with van der Waals surface area (Å²) in [4.78, 5) is 23.5. The fourth-order valence-electron chi connectivity index (χ4n) is 2.60. The minimum absolute atomic E-state index is 0.0968. The van der Waals surface area contributed by atoms with Gasteiger partial charge in [-0.15, -0.1) is 17.9 Å². The van der Waals surface area contributed by atoms with Crippen molar-refractivity contribution in [2.45, 2.75) is 39.0 Å². The molecule has 2 aromatic heterocycles. The van der Waals surface area contributed by atoms with Crippen molar-refractivity contribution in [2.75, 3.05) is 11.4 Å². The van der Waals surface area contributed by atoms with E-state index in [1.807, 2.05) is 32.2 Å². The summed E-state index contributed by atoms with van der Waals surface area (Å²) in [5.74, 6) is 0.974. The molecular weight excluding hydrogens is 443 g/mol. The Labute approximate surface area is 189 Å². The molecule has 0 bridgehead atoms. The number of carbonyl (C=O) groups is 1. The lowest BCUT2D eigenvalue weighted by Crippen LogP contribution is -2.31. The van der Waals surface area contributed by atoms with E-state index >= 15 is 0 Å². The number of halogens is 2. The Morgan fingerprint density at radius 2 is 2.03 bits per heavy atom. The topological polar surface area (TPSA) is 72.1 Å². The standard InChI is InChI=1S/C21H22Cl2N4O2S/c1-5-10-27(18(28)9-8-17-25-19(26-29-17)21(2,3)4)20-24-16(12-30-20)13-6-7-14(22)15(23)11-13/h5-7,11-12H,1,8-10H2,2-4H3. The summed E-state index contributed by atoms with van der Waals surface area (Å²) in [5.41, 5.74) is 1.35. The predicted octanol–water partition coefficient (Wildman–Crippen LogP) is 5.95. The van der Waals surface area contributed by atoms with Crippen LogP contribution in [0.4, 0.5) is 5.13 Å². The summed E-state index contributed by atoms with van der Waals surface area (Å²) < 4.78 is 5.28. The van der Waals surface area contributed by atoms with Gasteiger partial charge in [-0.05, 0) is 12.1 Å². The largest absolute Gasteiger partial charge is 0.339 e. The van der Waals surface area contributed by atoms with Gasteiger partial charge in [-0.1, -0.05) is 61.3 Å². The quantitative estimate of drug-likeness (QED) is 0.403. The zero-order valence-corrected chi connectivity index (χ0v) is 19.3. The van der Waals surface area contributed by atoms with E-state index < -0.39 is 0 Å². The van der Waals surface area contributed by atoms with E-state index in [-0.39, 0.29) is 17.7 Å². The van der Waals surface area contributed by atoms with Gasteiger partial charge in [0.15, 0.2) is 11.0 Å². The fourth-order valence-corrected chi connectivity index (χ4v) is 3.76. The molecular formula is C21H22Cl2N4O2S. The van der Waals surface area contributed by atoms with Crippen LogP contribution in [0.5, 0.6) is 0 Å². The highest BCUT2D eigenvalue weighted by Gasteiger charge is 2.23. The summed E-state index contributed by atoms with van der Waals surface area (Å²) >= 11 is 13.5. The SMILES string of the molecule is C=CCN(C(=O)CCc1nc(C(C)(C)C)no1)c1nc(-c2ccc(Cl)c(Cl)c2)cs1. The molecule has 0 spiro atoms. The lowest BCUT2D eigenvalue weighted by Gasteiger charge is -2.17. The first-order valence-electron chi connectivity index (χ1n) is 9.34. The van der Waals surface area contributed by atoms with Crippen molar-refractivity contribution >= 4 is 45.6 Å². The van der Waals surface area contributed by atoms with Gasteiger partial charge in [0.05, 0.1) is 15.7 Å². The fraction of sp³-hybridized carbons (Fsp3) is 0.333. The number of anilines is 1. The molecule has 0 unspecified atom stereocenters. The zero-order chi connectivity index (χ0) is 21.9. The molecule has 30 heavy (non-hydrogen) atoms. The number of hydrogen-bond donors (Lipinski definition) is 0. The molecule has 2 heterocycles. The molecule has 0 aliphatic rings. The Morgan fingerprint density at radius 1 is 1.27 bits per heavy atom. The Morgan fingerprint density at radius 3 is 2.67 bits per heavy atom. The first-order chi connectivity index (χ1) is 14.2. The summed E-state index contributed by atoms with van der Waals surface area (Å²) in [6.07, 6.45) is 2.25. The molecule has 0 saturated heterocycles. The molecule has 0 saturated carbocycles. The van der Waals surface area contributed by atoms with Crippen LogP contribution in [-0.2, 0) is 16.6 Å². The average molecular weight is 465 g/mol. The minimum Gasteiger partial charge on any atom is -0.339 e. The average Bonchev–Trinajstić information content (AvgIpc) is 3.36. The van der Waals surface area contributed by atoms with E-state index in [0.29, 0.717) is 39.9 Å². The summed E-state index contributed by atoms with van der Waals surface area (Å²) in [5, 5.41) is 7.40. The number of benzene rings is 1. The lowest BCUT2D eigenvalue weighted by molar-refractivity contribution is -0.118. The molecule has 1 amide bonds. The van der Waals surface area contributed by atoms with Crippen molar-refractivity contribution in [2.24, 2.45) is 0 Å². The van der Waals surface area contributed by atoms with Crippen molar-refractivity contribution in [3.63, 3.8) is 0 Å². The Kier molecular flexibility index (Phi) is 6.95.